The van der Waals surface area contributed by atoms with E-state index in [1.54, 1.807) is 29.5 Å². The van der Waals surface area contributed by atoms with Gasteiger partial charge in [0, 0.05) is 20.3 Å². The van der Waals surface area contributed by atoms with Crippen LogP contribution in [0.5, 0.6) is 0 Å². The lowest BCUT2D eigenvalue weighted by molar-refractivity contribution is -0.116. The van der Waals surface area contributed by atoms with Crippen LogP contribution in [0, 0.1) is 0 Å². The van der Waals surface area contributed by atoms with Gasteiger partial charge in [0.2, 0.25) is 5.91 Å². The highest BCUT2D eigenvalue weighted by Gasteiger charge is 2.15. The minimum absolute atomic E-state index is 0.145. The summed E-state index contributed by atoms with van der Waals surface area (Å²) in [4.78, 5) is 31.3. The number of aromatic nitrogens is 2. The summed E-state index contributed by atoms with van der Waals surface area (Å²) in [5.74, 6) is -0.352. The van der Waals surface area contributed by atoms with E-state index in [1.807, 2.05) is 22.9 Å². The van der Waals surface area contributed by atoms with Gasteiger partial charge in [-0.25, -0.2) is 4.98 Å². The third-order valence-electron chi connectivity index (χ3n) is 3.87. The molecule has 3 aromatic heterocycles. The van der Waals surface area contributed by atoms with Gasteiger partial charge in [0.05, 0.1) is 22.4 Å². The van der Waals surface area contributed by atoms with E-state index in [1.165, 1.54) is 22.2 Å². The Bertz CT molecular complexity index is 1200. The quantitative estimate of drug-likeness (QED) is 0.434. The number of anilines is 1. The highest BCUT2D eigenvalue weighted by atomic mass is 79.9. The number of thiophene rings is 2. The number of hydrogen-bond acceptors (Lipinski definition) is 5. The van der Waals surface area contributed by atoms with Crippen molar-refractivity contribution in [3.63, 3.8) is 0 Å². The highest BCUT2D eigenvalue weighted by Crippen LogP contribution is 2.33. The molecule has 0 bridgehead atoms. The fourth-order valence-electron chi connectivity index (χ4n) is 2.63. The SMILES string of the molecule is O=C(Cn1cnc2scc(-c3cccs3)c2c1=O)Nc1ccc(Br)cc1Cl. The first kappa shape index (κ1) is 18.4. The summed E-state index contributed by atoms with van der Waals surface area (Å²) in [5, 5.41) is 7.57. The molecule has 1 N–H and O–H groups in total. The van der Waals surface area contributed by atoms with E-state index in [2.05, 4.69) is 26.2 Å². The molecule has 4 aromatic rings. The minimum Gasteiger partial charge on any atom is -0.323 e. The smallest absolute Gasteiger partial charge is 0.263 e. The molecule has 4 rings (SSSR count). The second-order valence-corrected chi connectivity index (χ2v) is 8.79. The summed E-state index contributed by atoms with van der Waals surface area (Å²) in [6.07, 6.45) is 1.40. The van der Waals surface area contributed by atoms with Crippen LogP contribution in [0.1, 0.15) is 0 Å². The minimum atomic E-state index is -0.352. The maximum Gasteiger partial charge on any atom is 0.263 e. The van der Waals surface area contributed by atoms with E-state index in [-0.39, 0.29) is 18.0 Å². The van der Waals surface area contributed by atoms with Gasteiger partial charge in [-0.15, -0.1) is 22.7 Å². The Balaban J connectivity index is 1.64. The number of hydrogen-bond donors (Lipinski definition) is 1. The highest BCUT2D eigenvalue weighted by molar-refractivity contribution is 9.10. The molecule has 1 aromatic carbocycles. The molecular weight excluding hydrogens is 470 g/mol. The summed E-state index contributed by atoms with van der Waals surface area (Å²) in [7, 11) is 0. The fraction of sp³-hybridized carbons (Fsp3) is 0.0556. The van der Waals surface area contributed by atoms with Gasteiger partial charge in [0.15, 0.2) is 0 Å². The molecule has 27 heavy (non-hydrogen) atoms. The molecule has 0 saturated carbocycles. The first-order valence-electron chi connectivity index (χ1n) is 7.78. The molecule has 5 nitrogen and oxygen atoms in total. The molecular formula is C18H11BrClN3O2S2. The Kier molecular flexibility index (Phi) is 5.14. The number of carbonyl (C=O) groups excluding carboxylic acids is 1. The van der Waals surface area contributed by atoms with Gasteiger partial charge < -0.3 is 5.32 Å². The third kappa shape index (κ3) is 3.70. The first-order chi connectivity index (χ1) is 13.0. The van der Waals surface area contributed by atoms with E-state index in [0.717, 1.165) is 14.9 Å². The molecule has 0 radical (unpaired) electrons. The molecule has 0 unspecified atom stereocenters. The van der Waals surface area contributed by atoms with Gasteiger partial charge in [-0.3, -0.25) is 14.2 Å². The van der Waals surface area contributed by atoms with Crippen molar-refractivity contribution in [3.05, 3.63) is 67.3 Å². The molecule has 0 atom stereocenters. The number of benzene rings is 1. The van der Waals surface area contributed by atoms with Crippen LogP contribution in [0.3, 0.4) is 0 Å². The predicted octanol–water partition coefficient (Wildman–Crippen LogP) is 5.24. The Morgan fingerprint density at radius 2 is 2.15 bits per heavy atom. The molecule has 136 valence electrons. The zero-order valence-electron chi connectivity index (χ0n) is 13.6. The maximum atomic E-state index is 12.9. The molecule has 3 heterocycles. The van der Waals surface area contributed by atoms with E-state index in [9.17, 15) is 9.59 Å². The van der Waals surface area contributed by atoms with Crippen LogP contribution in [0.4, 0.5) is 5.69 Å². The monoisotopic (exact) mass is 479 g/mol. The van der Waals surface area contributed by atoms with Crippen LogP contribution in [-0.2, 0) is 11.3 Å². The fourth-order valence-corrected chi connectivity index (χ4v) is 5.07. The number of fused-ring (bicyclic) bond motifs is 1. The Hall–Kier alpha value is -2.00. The van der Waals surface area contributed by atoms with Gasteiger partial charge >= 0.3 is 0 Å². The number of nitrogens with zero attached hydrogens (tertiary/aromatic N) is 2. The van der Waals surface area contributed by atoms with E-state index < -0.39 is 0 Å². The van der Waals surface area contributed by atoms with Crippen LogP contribution in [0.2, 0.25) is 5.02 Å². The van der Waals surface area contributed by atoms with Crippen molar-refractivity contribution in [3.8, 4) is 10.4 Å². The Morgan fingerprint density at radius 1 is 1.30 bits per heavy atom. The average molecular weight is 481 g/mol. The lowest BCUT2D eigenvalue weighted by atomic mass is 10.2. The van der Waals surface area contributed by atoms with E-state index in [4.69, 9.17) is 11.6 Å². The van der Waals surface area contributed by atoms with E-state index in [0.29, 0.717) is 20.9 Å². The lowest BCUT2D eigenvalue weighted by Crippen LogP contribution is -2.27. The zero-order valence-corrected chi connectivity index (χ0v) is 17.6. The molecule has 0 aliphatic heterocycles. The predicted molar refractivity (Wildman–Crippen MR) is 115 cm³/mol. The van der Waals surface area contributed by atoms with Crippen molar-refractivity contribution in [2.75, 3.05) is 5.32 Å². The number of halogens is 2. The number of carbonyl (C=O) groups is 1. The maximum absolute atomic E-state index is 12.9. The summed E-state index contributed by atoms with van der Waals surface area (Å²) in [6.45, 7) is -0.145. The molecule has 0 saturated heterocycles. The summed E-state index contributed by atoms with van der Waals surface area (Å²) < 4.78 is 2.13. The molecule has 0 aliphatic rings. The van der Waals surface area contributed by atoms with Crippen molar-refractivity contribution >= 4 is 72.0 Å². The second kappa shape index (κ2) is 7.55. The number of amides is 1. The van der Waals surface area contributed by atoms with Crippen LogP contribution >= 0.6 is 50.2 Å². The van der Waals surface area contributed by atoms with Crippen molar-refractivity contribution < 1.29 is 4.79 Å². The second-order valence-electron chi connectivity index (χ2n) is 5.66. The molecule has 1 amide bonds. The van der Waals surface area contributed by atoms with Gasteiger partial charge in [0.25, 0.3) is 5.56 Å². The zero-order chi connectivity index (χ0) is 19.0. The van der Waals surface area contributed by atoms with Gasteiger partial charge in [-0.05, 0) is 29.6 Å². The van der Waals surface area contributed by atoms with Crippen molar-refractivity contribution in [1.29, 1.82) is 0 Å². The molecule has 9 heteroatoms. The van der Waals surface area contributed by atoms with Gasteiger partial charge in [-0.1, -0.05) is 33.6 Å². The van der Waals surface area contributed by atoms with Crippen molar-refractivity contribution in [2.24, 2.45) is 0 Å². The van der Waals surface area contributed by atoms with Crippen molar-refractivity contribution in [2.45, 2.75) is 6.54 Å². The first-order valence-corrected chi connectivity index (χ1v) is 10.7. The summed E-state index contributed by atoms with van der Waals surface area (Å²) in [6, 6.07) is 9.07. The van der Waals surface area contributed by atoms with Crippen LogP contribution in [0.15, 0.2) is 56.7 Å². The topological polar surface area (TPSA) is 64.0 Å². The number of nitrogens with one attached hydrogen (secondary N) is 1. The van der Waals surface area contributed by atoms with Crippen molar-refractivity contribution in [1.82, 2.24) is 9.55 Å². The van der Waals surface area contributed by atoms with E-state index >= 15 is 0 Å². The van der Waals surface area contributed by atoms with Crippen LogP contribution < -0.4 is 10.9 Å². The Labute approximate surface area is 175 Å². The summed E-state index contributed by atoms with van der Waals surface area (Å²) >= 11 is 12.4. The van der Waals surface area contributed by atoms with Crippen LogP contribution in [-0.4, -0.2) is 15.5 Å². The normalized spacial score (nSPS) is 11.0. The lowest BCUT2D eigenvalue weighted by Gasteiger charge is -2.09. The largest absolute Gasteiger partial charge is 0.323 e. The average Bonchev–Trinajstić information content (AvgIpc) is 3.29. The van der Waals surface area contributed by atoms with Crippen LogP contribution in [0.25, 0.3) is 20.7 Å². The standard InChI is InChI=1S/C18H11BrClN3O2S2/c19-10-3-4-13(12(20)6-10)22-15(24)7-23-9-21-17-16(18(23)25)11(8-27-17)14-2-1-5-26-14/h1-6,8-9H,7H2,(H,22,24). The summed E-state index contributed by atoms with van der Waals surface area (Å²) in [5.41, 5.74) is 1.11. The molecule has 0 spiro atoms. The number of rotatable bonds is 4. The van der Waals surface area contributed by atoms with Gasteiger partial charge in [-0.2, -0.15) is 0 Å². The Morgan fingerprint density at radius 3 is 2.89 bits per heavy atom. The molecule has 0 fully saturated rings. The van der Waals surface area contributed by atoms with Gasteiger partial charge in [0.1, 0.15) is 11.4 Å². The third-order valence-corrected chi connectivity index (χ3v) is 6.46. The molecule has 0 aliphatic carbocycles.